The van der Waals surface area contributed by atoms with Gasteiger partial charge in [-0.1, -0.05) is 91.0 Å². The molecule has 3 aromatic rings. The zero-order valence-electron chi connectivity index (χ0n) is 21.9. The third kappa shape index (κ3) is 12.4. The van der Waals surface area contributed by atoms with Gasteiger partial charge in [0.15, 0.2) is 0 Å². The lowest BCUT2D eigenvalue weighted by Crippen LogP contribution is -2.48. The molecule has 0 radical (unpaired) electrons. The Kier molecular flexibility index (Phi) is 12.1. The average molecular weight is 579 g/mol. The van der Waals surface area contributed by atoms with E-state index in [1.165, 1.54) is 0 Å². The van der Waals surface area contributed by atoms with Gasteiger partial charge in [-0.25, -0.2) is 0 Å². The minimum Gasteiger partial charge on any atom is -0.374 e. The Morgan fingerprint density at radius 2 is 1.03 bits per heavy atom. The van der Waals surface area contributed by atoms with E-state index in [9.17, 15) is 16.8 Å². The van der Waals surface area contributed by atoms with E-state index < -0.39 is 45.2 Å². The first-order chi connectivity index (χ1) is 18.6. The fourth-order valence-electron chi connectivity index (χ4n) is 3.70. The zero-order valence-corrected chi connectivity index (χ0v) is 23.6. The third-order valence-electron chi connectivity index (χ3n) is 5.46. The van der Waals surface area contributed by atoms with Crippen LogP contribution in [0.1, 0.15) is 16.7 Å². The molecule has 0 aliphatic rings. The maximum atomic E-state index is 12.3. The summed E-state index contributed by atoms with van der Waals surface area (Å²) in [6.07, 6.45) is -1.43. The van der Waals surface area contributed by atoms with E-state index in [-0.39, 0.29) is 26.4 Å². The molecule has 3 atom stereocenters. The SMILES string of the molecule is CS(=O)(=O)OC[C@@H](OCc1ccccc1)[C@H](OCc1ccccc1)[C@@H](COCc1ccccc1)OS(C)(=O)=O. The molecule has 3 aromatic carbocycles. The first-order valence-corrected chi connectivity index (χ1v) is 15.9. The molecule has 0 saturated heterocycles. The van der Waals surface area contributed by atoms with Gasteiger partial charge < -0.3 is 14.2 Å². The van der Waals surface area contributed by atoms with Gasteiger partial charge in [0.2, 0.25) is 0 Å². The molecule has 212 valence electrons. The molecule has 0 amide bonds. The third-order valence-corrected chi connectivity index (χ3v) is 6.62. The van der Waals surface area contributed by atoms with Crippen molar-refractivity contribution in [3.8, 4) is 0 Å². The van der Waals surface area contributed by atoms with E-state index in [4.69, 9.17) is 22.6 Å². The summed E-state index contributed by atoms with van der Waals surface area (Å²) in [5.74, 6) is 0. The fourth-order valence-corrected chi connectivity index (χ4v) is 4.69. The van der Waals surface area contributed by atoms with Crippen molar-refractivity contribution in [2.24, 2.45) is 0 Å². The quantitative estimate of drug-likeness (QED) is 0.221. The molecular formula is C28H34O9S2. The van der Waals surface area contributed by atoms with Crippen molar-refractivity contribution in [3.05, 3.63) is 108 Å². The average Bonchev–Trinajstić information content (AvgIpc) is 2.90. The molecular weight excluding hydrogens is 544 g/mol. The smallest absolute Gasteiger partial charge is 0.264 e. The van der Waals surface area contributed by atoms with Gasteiger partial charge in [0.1, 0.15) is 18.3 Å². The normalized spacial score (nSPS) is 14.5. The molecule has 9 nitrogen and oxygen atoms in total. The lowest BCUT2D eigenvalue weighted by Gasteiger charge is -2.32. The van der Waals surface area contributed by atoms with Crippen molar-refractivity contribution >= 4 is 20.2 Å². The first-order valence-electron chi connectivity index (χ1n) is 12.2. The van der Waals surface area contributed by atoms with Gasteiger partial charge in [0, 0.05) is 0 Å². The van der Waals surface area contributed by atoms with Crippen LogP contribution in [-0.2, 0) is 62.6 Å². The standard InChI is InChI=1S/C28H34O9S2/c1-38(29,30)36-22-26(34-19-24-14-8-4-9-15-24)28(35-20-25-16-10-5-11-17-25)27(37-39(2,31)32)21-33-18-23-12-6-3-7-13-23/h3-17,26-28H,18-22H2,1-2H3/t26-,27-,28+/m1/s1. The van der Waals surface area contributed by atoms with Gasteiger partial charge in [-0.3, -0.25) is 8.37 Å². The molecule has 0 heterocycles. The Bertz CT molecular complexity index is 1320. The number of hydrogen-bond donors (Lipinski definition) is 0. The highest BCUT2D eigenvalue weighted by molar-refractivity contribution is 7.86. The second-order valence-electron chi connectivity index (χ2n) is 8.92. The first kappa shape index (κ1) is 30.9. The number of hydrogen-bond acceptors (Lipinski definition) is 9. The Labute approximate surface area is 230 Å². The Balaban J connectivity index is 1.89. The highest BCUT2D eigenvalue weighted by atomic mass is 32.2. The van der Waals surface area contributed by atoms with Crippen LogP contribution in [0, 0.1) is 0 Å². The lowest BCUT2D eigenvalue weighted by atomic mass is 10.1. The number of ether oxygens (including phenoxy) is 3. The van der Waals surface area contributed by atoms with Crippen LogP contribution in [0.15, 0.2) is 91.0 Å². The molecule has 3 rings (SSSR count). The Morgan fingerprint density at radius 3 is 1.49 bits per heavy atom. The summed E-state index contributed by atoms with van der Waals surface area (Å²) >= 11 is 0. The molecule has 39 heavy (non-hydrogen) atoms. The van der Waals surface area contributed by atoms with Gasteiger partial charge >= 0.3 is 0 Å². The molecule has 11 heteroatoms. The summed E-state index contributed by atoms with van der Waals surface area (Å²) in [7, 11) is -7.81. The van der Waals surface area contributed by atoms with Crippen molar-refractivity contribution in [1.29, 1.82) is 0 Å². The molecule has 0 aliphatic heterocycles. The second kappa shape index (κ2) is 15.2. The van der Waals surface area contributed by atoms with Crippen LogP contribution in [-0.4, -0.2) is 60.9 Å². The predicted octanol–water partition coefficient (Wildman–Crippen LogP) is 3.70. The highest BCUT2D eigenvalue weighted by Crippen LogP contribution is 2.20. The highest BCUT2D eigenvalue weighted by Gasteiger charge is 2.36. The topological polar surface area (TPSA) is 114 Å². The zero-order chi connectivity index (χ0) is 28.1. The molecule has 0 fully saturated rings. The van der Waals surface area contributed by atoms with Gasteiger partial charge in [0.25, 0.3) is 20.2 Å². The lowest BCUT2D eigenvalue weighted by molar-refractivity contribution is -0.147. The Hall–Kier alpha value is -2.64. The summed E-state index contributed by atoms with van der Waals surface area (Å²) < 4.78 is 76.9. The minimum atomic E-state index is -3.96. The molecule has 0 unspecified atom stereocenters. The molecule has 0 N–H and O–H groups in total. The second-order valence-corrected chi connectivity index (χ2v) is 12.2. The van der Waals surface area contributed by atoms with Gasteiger partial charge in [-0.15, -0.1) is 0 Å². The van der Waals surface area contributed by atoms with Crippen molar-refractivity contribution in [3.63, 3.8) is 0 Å². The molecule has 0 saturated carbocycles. The van der Waals surface area contributed by atoms with Crippen LogP contribution in [0.4, 0.5) is 0 Å². The summed E-state index contributed by atoms with van der Waals surface area (Å²) in [6, 6.07) is 27.9. The van der Waals surface area contributed by atoms with E-state index in [0.717, 1.165) is 29.2 Å². The van der Waals surface area contributed by atoms with Gasteiger partial charge in [0.05, 0.1) is 45.5 Å². The van der Waals surface area contributed by atoms with Crippen LogP contribution in [0.3, 0.4) is 0 Å². The van der Waals surface area contributed by atoms with Crippen LogP contribution in [0.5, 0.6) is 0 Å². The predicted molar refractivity (Wildman–Crippen MR) is 147 cm³/mol. The van der Waals surface area contributed by atoms with Crippen LogP contribution >= 0.6 is 0 Å². The van der Waals surface area contributed by atoms with Gasteiger partial charge in [-0.05, 0) is 16.7 Å². The molecule has 0 aromatic heterocycles. The summed E-state index contributed by atoms with van der Waals surface area (Å²) in [6.45, 7) is -0.220. The van der Waals surface area contributed by atoms with E-state index >= 15 is 0 Å². The maximum Gasteiger partial charge on any atom is 0.264 e. The fraction of sp³-hybridized carbons (Fsp3) is 0.357. The largest absolute Gasteiger partial charge is 0.374 e. The van der Waals surface area contributed by atoms with Crippen molar-refractivity contribution in [2.75, 3.05) is 25.7 Å². The number of benzene rings is 3. The summed E-state index contributed by atoms with van der Waals surface area (Å²) in [5.41, 5.74) is 2.52. The van der Waals surface area contributed by atoms with E-state index in [1.807, 2.05) is 91.0 Å². The maximum absolute atomic E-state index is 12.3. The van der Waals surface area contributed by atoms with Crippen molar-refractivity contribution in [1.82, 2.24) is 0 Å². The van der Waals surface area contributed by atoms with E-state index in [2.05, 4.69) is 0 Å². The summed E-state index contributed by atoms with van der Waals surface area (Å²) in [5, 5.41) is 0. The number of rotatable bonds is 17. The molecule has 0 bridgehead atoms. The Morgan fingerprint density at radius 1 is 0.564 bits per heavy atom. The van der Waals surface area contributed by atoms with Crippen molar-refractivity contribution in [2.45, 2.75) is 38.1 Å². The van der Waals surface area contributed by atoms with E-state index in [0.29, 0.717) is 0 Å². The van der Waals surface area contributed by atoms with Crippen LogP contribution in [0.2, 0.25) is 0 Å². The van der Waals surface area contributed by atoms with Crippen molar-refractivity contribution < 1.29 is 39.4 Å². The monoisotopic (exact) mass is 578 g/mol. The molecule has 0 spiro atoms. The van der Waals surface area contributed by atoms with E-state index in [1.54, 1.807) is 0 Å². The minimum absolute atomic E-state index is 0.0812. The van der Waals surface area contributed by atoms with Crippen LogP contribution in [0.25, 0.3) is 0 Å². The summed E-state index contributed by atoms with van der Waals surface area (Å²) in [4.78, 5) is 0. The van der Waals surface area contributed by atoms with Crippen LogP contribution < -0.4 is 0 Å². The van der Waals surface area contributed by atoms with Gasteiger partial charge in [-0.2, -0.15) is 16.8 Å². The molecule has 0 aliphatic carbocycles.